The van der Waals surface area contributed by atoms with Crippen LogP contribution < -0.4 is 5.32 Å². The highest BCUT2D eigenvalue weighted by Gasteiger charge is 2.14. The van der Waals surface area contributed by atoms with Crippen molar-refractivity contribution < 1.29 is 0 Å². The van der Waals surface area contributed by atoms with E-state index >= 15 is 0 Å². The van der Waals surface area contributed by atoms with Crippen molar-refractivity contribution >= 4 is 22.4 Å². The molecule has 2 aromatic heterocycles. The minimum atomic E-state index is 0.321. The number of fused-ring (bicyclic) bond motifs is 1. The van der Waals surface area contributed by atoms with E-state index in [1.165, 1.54) is 4.88 Å². The first-order chi connectivity index (χ1) is 9.69. The average molecular weight is 284 g/mol. The van der Waals surface area contributed by atoms with Crippen LogP contribution in [0.2, 0.25) is 0 Å². The van der Waals surface area contributed by atoms with Gasteiger partial charge in [-0.15, -0.1) is 11.3 Å². The third-order valence-electron chi connectivity index (χ3n) is 3.38. The molecule has 3 aromatic rings. The molecule has 0 fully saturated rings. The molecule has 0 saturated heterocycles. The monoisotopic (exact) mass is 284 g/mol. The second-order valence-corrected chi connectivity index (χ2v) is 5.77. The van der Waals surface area contributed by atoms with Gasteiger partial charge < -0.3 is 5.32 Å². The lowest BCUT2D eigenvalue weighted by atomic mass is 10.2. The van der Waals surface area contributed by atoms with Crippen LogP contribution in [0.5, 0.6) is 0 Å². The molecule has 102 valence electrons. The summed E-state index contributed by atoms with van der Waals surface area (Å²) in [7, 11) is 1.97. The molecule has 5 heteroatoms. The number of hydrogen-bond acceptors (Lipinski definition) is 5. The van der Waals surface area contributed by atoms with E-state index in [0.29, 0.717) is 6.04 Å². The van der Waals surface area contributed by atoms with E-state index < -0.39 is 0 Å². The molecule has 0 spiro atoms. The van der Waals surface area contributed by atoms with Gasteiger partial charge in [0.2, 0.25) is 0 Å². The second kappa shape index (κ2) is 5.26. The lowest BCUT2D eigenvalue weighted by molar-refractivity contribution is 0.658. The van der Waals surface area contributed by atoms with E-state index in [1.807, 2.05) is 13.1 Å². The van der Waals surface area contributed by atoms with E-state index in [0.717, 1.165) is 27.3 Å². The van der Waals surface area contributed by atoms with Crippen LogP contribution in [-0.4, -0.2) is 22.0 Å². The highest BCUT2D eigenvalue weighted by molar-refractivity contribution is 7.15. The van der Waals surface area contributed by atoms with E-state index in [4.69, 9.17) is 0 Å². The molecule has 0 radical (unpaired) electrons. The highest BCUT2D eigenvalue weighted by Crippen LogP contribution is 2.32. The van der Waals surface area contributed by atoms with Crippen LogP contribution in [0.25, 0.3) is 21.6 Å². The molecule has 0 saturated carbocycles. The van der Waals surface area contributed by atoms with Crippen molar-refractivity contribution in [3.05, 3.63) is 41.2 Å². The third kappa shape index (κ3) is 2.30. The summed E-state index contributed by atoms with van der Waals surface area (Å²) in [5, 5.41) is 4.30. The van der Waals surface area contributed by atoms with Gasteiger partial charge in [-0.05, 0) is 39.1 Å². The molecule has 4 nitrogen and oxygen atoms in total. The maximum Gasteiger partial charge on any atom is 0.123 e. The predicted molar refractivity (Wildman–Crippen MR) is 82.9 cm³/mol. The molecule has 1 atom stereocenters. The van der Waals surface area contributed by atoms with E-state index in [2.05, 4.69) is 46.2 Å². The number of hydrogen-bond donors (Lipinski definition) is 1. The van der Waals surface area contributed by atoms with Crippen molar-refractivity contribution in [2.24, 2.45) is 0 Å². The molecule has 20 heavy (non-hydrogen) atoms. The standard InChI is InChI=1S/C15H16N4S/c1-9(16-3)14-10(2)19-15(20-14)11-4-5-12-13(8-11)18-7-6-17-12/h4-9,16H,1-3H3. The predicted octanol–water partition coefficient (Wildman–Crippen LogP) is 3.34. The van der Waals surface area contributed by atoms with Crippen molar-refractivity contribution in [1.82, 2.24) is 20.3 Å². The van der Waals surface area contributed by atoms with Crippen LogP contribution in [0.3, 0.4) is 0 Å². The molecular formula is C15H16N4S. The fourth-order valence-corrected chi connectivity index (χ4v) is 3.28. The molecule has 0 aliphatic carbocycles. The average Bonchev–Trinajstić information content (AvgIpc) is 2.88. The van der Waals surface area contributed by atoms with Gasteiger partial charge in [-0.1, -0.05) is 0 Å². The molecule has 0 aliphatic rings. The van der Waals surface area contributed by atoms with Crippen molar-refractivity contribution in [3.63, 3.8) is 0 Å². The maximum atomic E-state index is 4.69. The minimum absolute atomic E-state index is 0.321. The first-order valence-electron chi connectivity index (χ1n) is 6.55. The lowest BCUT2D eigenvalue weighted by Gasteiger charge is -2.06. The van der Waals surface area contributed by atoms with Crippen LogP contribution >= 0.6 is 11.3 Å². The largest absolute Gasteiger partial charge is 0.312 e. The fraction of sp³-hybridized carbons (Fsp3) is 0.267. The lowest BCUT2D eigenvalue weighted by Crippen LogP contribution is -2.11. The van der Waals surface area contributed by atoms with E-state index in [-0.39, 0.29) is 0 Å². The van der Waals surface area contributed by atoms with Crippen LogP contribution in [0.4, 0.5) is 0 Å². The van der Waals surface area contributed by atoms with Gasteiger partial charge in [-0.25, -0.2) is 4.98 Å². The first kappa shape index (κ1) is 13.1. The Morgan fingerprint density at radius 1 is 1.15 bits per heavy atom. The zero-order chi connectivity index (χ0) is 14.1. The fourth-order valence-electron chi connectivity index (χ4n) is 2.16. The number of thiazole rings is 1. The SMILES string of the molecule is CNC(C)c1sc(-c2ccc3nccnc3c2)nc1C. The molecular weight excluding hydrogens is 268 g/mol. The normalized spacial score (nSPS) is 12.8. The van der Waals surface area contributed by atoms with Crippen molar-refractivity contribution in [3.8, 4) is 10.6 Å². The van der Waals surface area contributed by atoms with Crippen LogP contribution in [0.15, 0.2) is 30.6 Å². The number of aromatic nitrogens is 3. The Bertz CT molecular complexity index is 750. The molecule has 0 aliphatic heterocycles. The Morgan fingerprint density at radius 3 is 2.65 bits per heavy atom. The molecule has 3 rings (SSSR count). The van der Waals surface area contributed by atoms with Gasteiger partial charge in [0.25, 0.3) is 0 Å². The van der Waals surface area contributed by atoms with E-state index in [1.54, 1.807) is 23.7 Å². The molecule has 1 aromatic carbocycles. The molecule has 2 heterocycles. The number of nitrogens with zero attached hydrogens (tertiary/aromatic N) is 3. The van der Waals surface area contributed by atoms with Gasteiger partial charge in [0.1, 0.15) is 5.01 Å². The first-order valence-corrected chi connectivity index (χ1v) is 7.36. The Labute approximate surface area is 121 Å². The topological polar surface area (TPSA) is 50.7 Å². The Balaban J connectivity index is 2.06. The van der Waals surface area contributed by atoms with Crippen LogP contribution in [0.1, 0.15) is 23.5 Å². The zero-order valence-electron chi connectivity index (χ0n) is 11.7. The van der Waals surface area contributed by atoms with Crippen molar-refractivity contribution in [2.75, 3.05) is 7.05 Å². The summed E-state index contributed by atoms with van der Waals surface area (Å²) in [6.07, 6.45) is 3.43. The molecule has 1 unspecified atom stereocenters. The van der Waals surface area contributed by atoms with Crippen LogP contribution in [0, 0.1) is 6.92 Å². The zero-order valence-corrected chi connectivity index (χ0v) is 12.5. The Hall–Kier alpha value is -1.85. The Morgan fingerprint density at radius 2 is 1.90 bits per heavy atom. The molecule has 1 N–H and O–H groups in total. The van der Waals surface area contributed by atoms with Gasteiger partial charge in [-0.3, -0.25) is 9.97 Å². The minimum Gasteiger partial charge on any atom is -0.312 e. The number of rotatable bonds is 3. The molecule has 0 amide bonds. The second-order valence-electron chi connectivity index (χ2n) is 4.74. The smallest absolute Gasteiger partial charge is 0.123 e. The quantitative estimate of drug-likeness (QED) is 0.801. The number of benzene rings is 1. The summed E-state index contributed by atoms with van der Waals surface area (Å²) < 4.78 is 0. The third-order valence-corrected chi connectivity index (χ3v) is 4.76. The number of aryl methyl sites for hydroxylation is 1. The molecule has 0 bridgehead atoms. The maximum absolute atomic E-state index is 4.69. The van der Waals surface area contributed by atoms with Crippen molar-refractivity contribution in [2.45, 2.75) is 19.9 Å². The summed E-state index contributed by atoms with van der Waals surface area (Å²) in [4.78, 5) is 14.6. The van der Waals surface area contributed by atoms with Crippen molar-refractivity contribution in [1.29, 1.82) is 0 Å². The van der Waals surface area contributed by atoms with Gasteiger partial charge in [0.15, 0.2) is 0 Å². The highest BCUT2D eigenvalue weighted by atomic mass is 32.1. The summed E-state index contributed by atoms with van der Waals surface area (Å²) in [5.41, 5.74) is 4.00. The Kier molecular flexibility index (Phi) is 3.46. The van der Waals surface area contributed by atoms with Gasteiger partial charge in [-0.2, -0.15) is 0 Å². The summed E-state index contributed by atoms with van der Waals surface area (Å²) in [6.45, 7) is 4.21. The van der Waals surface area contributed by atoms with Crippen LogP contribution in [-0.2, 0) is 0 Å². The number of nitrogens with one attached hydrogen (secondary N) is 1. The van der Waals surface area contributed by atoms with Gasteiger partial charge in [0, 0.05) is 28.9 Å². The summed E-state index contributed by atoms with van der Waals surface area (Å²) in [5.74, 6) is 0. The van der Waals surface area contributed by atoms with E-state index in [9.17, 15) is 0 Å². The van der Waals surface area contributed by atoms with Gasteiger partial charge in [0.05, 0.1) is 16.7 Å². The summed E-state index contributed by atoms with van der Waals surface area (Å²) >= 11 is 1.73. The summed E-state index contributed by atoms with van der Waals surface area (Å²) in [6, 6.07) is 6.43. The van der Waals surface area contributed by atoms with Gasteiger partial charge >= 0.3 is 0 Å².